The minimum absolute atomic E-state index is 0.195. The van der Waals surface area contributed by atoms with Gasteiger partial charge in [-0.15, -0.1) is 0 Å². The third kappa shape index (κ3) is 2.80. The topological polar surface area (TPSA) is 20.2 Å². The van der Waals surface area contributed by atoms with Crippen LogP contribution in [0.3, 0.4) is 0 Å². The van der Waals surface area contributed by atoms with Crippen LogP contribution in [-0.2, 0) is 6.42 Å². The van der Waals surface area contributed by atoms with E-state index in [1.807, 2.05) is 0 Å². The van der Waals surface area contributed by atoms with Crippen LogP contribution in [-0.4, -0.2) is 5.11 Å². The first-order chi connectivity index (χ1) is 9.40. The molecular weight excluding hydrogens is 279 g/mol. The van der Waals surface area contributed by atoms with Gasteiger partial charge in [0.25, 0.3) is 0 Å². The van der Waals surface area contributed by atoms with Crippen molar-refractivity contribution in [2.45, 2.75) is 12.5 Å². The summed E-state index contributed by atoms with van der Waals surface area (Å²) in [5.41, 5.74) is -0.255. The van der Waals surface area contributed by atoms with Crippen LogP contribution >= 0.6 is 0 Å². The largest absolute Gasteiger partial charge is 0.388 e. The van der Waals surface area contributed by atoms with Crippen molar-refractivity contribution >= 4 is 0 Å². The molecule has 0 fully saturated rings. The molecule has 1 unspecified atom stereocenters. The van der Waals surface area contributed by atoms with Crippen molar-refractivity contribution in [1.82, 2.24) is 0 Å². The van der Waals surface area contributed by atoms with E-state index in [2.05, 4.69) is 0 Å². The molecule has 0 bridgehead atoms. The normalized spacial score (nSPS) is 12.5. The second-order valence-electron chi connectivity index (χ2n) is 4.23. The zero-order chi connectivity index (χ0) is 14.9. The minimum atomic E-state index is -1.69. The molecule has 2 aromatic rings. The summed E-state index contributed by atoms with van der Waals surface area (Å²) in [7, 11) is 0. The number of rotatable bonds is 3. The summed E-state index contributed by atoms with van der Waals surface area (Å²) in [6.07, 6.45) is -1.77. The van der Waals surface area contributed by atoms with E-state index in [9.17, 15) is 27.1 Å². The van der Waals surface area contributed by atoms with E-state index in [1.165, 1.54) is 6.07 Å². The van der Waals surface area contributed by atoms with Gasteiger partial charge in [-0.05, 0) is 23.8 Å². The van der Waals surface area contributed by atoms with Crippen LogP contribution in [0.2, 0.25) is 0 Å². The Morgan fingerprint density at radius 2 is 1.45 bits per heavy atom. The van der Waals surface area contributed by atoms with Crippen LogP contribution < -0.4 is 0 Å². The van der Waals surface area contributed by atoms with Crippen molar-refractivity contribution in [3.63, 3.8) is 0 Å². The number of benzene rings is 2. The monoisotopic (exact) mass is 288 g/mol. The molecule has 2 rings (SSSR count). The van der Waals surface area contributed by atoms with Crippen LogP contribution in [0.1, 0.15) is 17.2 Å². The van der Waals surface area contributed by atoms with Crippen LogP contribution in [0.4, 0.5) is 22.0 Å². The lowest BCUT2D eigenvalue weighted by molar-refractivity contribution is 0.171. The SMILES string of the molecule is OC(Cc1ccc(F)c(F)c1)c1ccc(F)c(F)c1F. The summed E-state index contributed by atoms with van der Waals surface area (Å²) >= 11 is 0. The first-order valence-corrected chi connectivity index (χ1v) is 5.65. The molecule has 0 saturated carbocycles. The van der Waals surface area contributed by atoms with E-state index >= 15 is 0 Å². The molecule has 1 N–H and O–H groups in total. The second kappa shape index (κ2) is 5.58. The van der Waals surface area contributed by atoms with E-state index in [1.54, 1.807) is 0 Å². The molecule has 0 radical (unpaired) electrons. The molecule has 20 heavy (non-hydrogen) atoms. The van der Waals surface area contributed by atoms with Gasteiger partial charge < -0.3 is 5.11 Å². The molecule has 0 heterocycles. The lowest BCUT2D eigenvalue weighted by Crippen LogP contribution is -2.07. The highest BCUT2D eigenvalue weighted by Crippen LogP contribution is 2.24. The second-order valence-corrected chi connectivity index (χ2v) is 4.23. The average Bonchev–Trinajstić information content (AvgIpc) is 2.40. The zero-order valence-electron chi connectivity index (χ0n) is 10.0. The number of aliphatic hydroxyl groups excluding tert-OH is 1. The lowest BCUT2D eigenvalue weighted by Gasteiger charge is -2.13. The Kier molecular flexibility index (Phi) is 4.04. The average molecular weight is 288 g/mol. The maximum atomic E-state index is 13.4. The third-order valence-electron chi connectivity index (χ3n) is 2.84. The first kappa shape index (κ1) is 14.5. The molecule has 1 atom stereocenters. The molecule has 0 spiro atoms. The van der Waals surface area contributed by atoms with Gasteiger partial charge in [-0.25, -0.2) is 22.0 Å². The summed E-state index contributed by atoms with van der Waals surface area (Å²) in [4.78, 5) is 0. The van der Waals surface area contributed by atoms with Gasteiger partial charge >= 0.3 is 0 Å². The summed E-state index contributed by atoms with van der Waals surface area (Å²) < 4.78 is 65.0. The van der Waals surface area contributed by atoms with Crippen molar-refractivity contribution in [2.75, 3.05) is 0 Å². The first-order valence-electron chi connectivity index (χ1n) is 5.65. The van der Waals surface area contributed by atoms with E-state index in [-0.39, 0.29) is 12.0 Å². The smallest absolute Gasteiger partial charge is 0.194 e. The molecular formula is C14H9F5O. The maximum absolute atomic E-state index is 13.4. The van der Waals surface area contributed by atoms with E-state index in [4.69, 9.17) is 0 Å². The van der Waals surface area contributed by atoms with Gasteiger partial charge in [0.05, 0.1) is 6.10 Å². The Hall–Kier alpha value is -1.95. The van der Waals surface area contributed by atoms with Crippen molar-refractivity contribution in [1.29, 1.82) is 0 Å². The Morgan fingerprint density at radius 3 is 2.10 bits per heavy atom. The van der Waals surface area contributed by atoms with E-state index < -0.39 is 40.8 Å². The molecule has 2 aromatic carbocycles. The number of aliphatic hydroxyl groups is 1. The Bertz CT molecular complexity index is 642. The molecule has 1 nitrogen and oxygen atoms in total. The van der Waals surface area contributed by atoms with Gasteiger partial charge in [-0.1, -0.05) is 12.1 Å². The van der Waals surface area contributed by atoms with Crippen LogP contribution in [0, 0.1) is 29.1 Å². The molecule has 106 valence electrons. The predicted molar refractivity (Wildman–Crippen MR) is 61.3 cm³/mol. The Balaban J connectivity index is 2.26. The molecule has 0 aliphatic rings. The molecule has 0 saturated heterocycles. The van der Waals surface area contributed by atoms with Gasteiger partial charge in [0, 0.05) is 12.0 Å². The van der Waals surface area contributed by atoms with Crippen molar-refractivity contribution in [3.05, 3.63) is 70.5 Å². The fourth-order valence-electron chi connectivity index (χ4n) is 1.80. The van der Waals surface area contributed by atoms with Gasteiger partial charge in [0.2, 0.25) is 0 Å². The standard InChI is InChI=1S/C14H9F5O/c15-9-3-1-7(5-11(9)17)6-12(20)8-2-4-10(16)14(19)13(8)18/h1-5,12,20H,6H2. The fraction of sp³-hybridized carbons (Fsp3) is 0.143. The highest BCUT2D eigenvalue weighted by atomic mass is 19.2. The van der Waals surface area contributed by atoms with Crippen molar-refractivity contribution in [3.8, 4) is 0 Å². The third-order valence-corrected chi connectivity index (χ3v) is 2.84. The quantitative estimate of drug-likeness (QED) is 0.675. The molecule has 0 aromatic heterocycles. The number of hydrogen-bond acceptors (Lipinski definition) is 1. The summed E-state index contributed by atoms with van der Waals surface area (Å²) in [6, 6.07) is 4.50. The Morgan fingerprint density at radius 1 is 0.800 bits per heavy atom. The summed E-state index contributed by atoms with van der Waals surface area (Å²) in [5, 5.41) is 9.78. The number of halogens is 5. The minimum Gasteiger partial charge on any atom is -0.388 e. The summed E-state index contributed by atoms with van der Waals surface area (Å²) in [6.45, 7) is 0. The van der Waals surface area contributed by atoms with Gasteiger partial charge in [0.15, 0.2) is 29.1 Å². The molecule has 0 aliphatic heterocycles. The van der Waals surface area contributed by atoms with Crippen LogP contribution in [0.5, 0.6) is 0 Å². The maximum Gasteiger partial charge on any atom is 0.194 e. The molecule has 6 heteroatoms. The number of hydrogen-bond donors (Lipinski definition) is 1. The predicted octanol–water partition coefficient (Wildman–Crippen LogP) is 3.66. The Labute approximate surface area is 111 Å². The van der Waals surface area contributed by atoms with E-state index in [0.717, 1.165) is 18.2 Å². The van der Waals surface area contributed by atoms with Gasteiger partial charge in [-0.2, -0.15) is 0 Å². The fourth-order valence-corrected chi connectivity index (χ4v) is 1.80. The highest BCUT2D eigenvalue weighted by molar-refractivity contribution is 5.26. The molecule has 0 aliphatic carbocycles. The highest BCUT2D eigenvalue weighted by Gasteiger charge is 2.19. The van der Waals surface area contributed by atoms with Gasteiger partial charge in [-0.3, -0.25) is 0 Å². The molecule has 0 amide bonds. The van der Waals surface area contributed by atoms with Crippen LogP contribution in [0.15, 0.2) is 30.3 Å². The van der Waals surface area contributed by atoms with E-state index in [0.29, 0.717) is 6.07 Å². The van der Waals surface area contributed by atoms with Crippen LogP contribution in [0.25, 0.3) is 0 Å². The van der Waals surface area contributed by atoms with Gasteiger partial charge in [0.1, 0.15) is 0 Å². The lowest BCUT2D eigenvalue weighted by atomic mass is 10.0. The zero-order valence-corrected chi connectivity index (χ0v) is 10.0. The van der Waals surface area contributed by atoms with Crippen molar-refractivity contribution < 1.29 is 27.1 Å². The van der Waals surface area contributed by atoms with Crippen molar-refractivity contribution in [2.24, 2.45) is 0 Å². The summed E-state index contributed by atoms with van der Waals surface area (Å²) in [5.74, 6) is -6.72.